The van der Waals surface area contributed by atoms with Crippen LogP contribution in [0.5, 0.6) is 0 Å². The van der Waals surface area contributed by atoms with Crippen LogP contribution in [0.1, 0.15) is 43.9 Å². The molecule has 0 saturated heterocycles. The quantitative estimate of drug-likeness (QED) is 0.174. The van der Waals surface area contributed by atoms with Gasteiger partial charge >= 0.3 is 0 Å². The van der Waals surface area contributed by atoms with E-state index in [2.05, 4.69) is 0 Å². The number of fused-ring (bicyclic) bond motifs is 8. The average Bonchev–Trinajstić information content (AvgIpc) is 1.19. The van der Waals surface area contributed by atoms with Gasteiger partial charge in [0, 0.05) is 32.0 Å². The summed E-state index contributed by atoms with van der Waals surface area (Å²) in [5.74, 6) is -0.765. The fourth-order valence-corrected chi connectivity index (χ4v) is 7.62. The van der Waals surface area contributed by atoms with E-state index in [1.165, 1.54) is 0 Å². The monoisotopic (exact) mass is 788 g/mol. The van der Waals surface area contributed by atoms with Crippen LogP contribution in [0, 0.1) is 0 Å². The van der Waals surface area contributed by atoms with Crippen molar-refractivity contribution in [2.75, 3.05) is 0 Å². The summed E-state index contributed by atoms with van der Waals surface area (Å²) in [4.78, 5) is 9.42. The molecule has 12 aromatic rings. The molecule has 0 spiro atoms. The normalized spacial score (nSPS) is 19.5. The van der Waals surface area contributed by atoms with Crippen molar-refractivity contribution in [3.63, 3.8) is 0 Å². The number of hydrogen-bond acceptors (Lipinski definition) is 4. The molecule has 12 rings (SSSR count). The molecule has 0 N–H and O–H groups in total. The van der Waals surface area contributed by atoms with E-state index in [9.17, 15) is 17.8 Å². The lowest BCUT2D eigenvalue weighted by atomic mass is 9.88. The van der Waals surface area contributed by atoms with Crippen molar-refractivity contribution in [2.24, 2.45) is 0 Å². The molecule has 0 bridgehead atoms. The minimum absolute atomic E-state index is 0.176. The molecule has 0 amide bonds. The Morgan fingerprint density at radius 2 is 1.12 bits per heavy atom. The van der Waals surface area contributed by atoms with Crippen LogP contribution in [0.3, 0.4) is 0 Å². The Hall–Kier alpha value is -7.40. The highest BCUT2D eigenvalue weighted by atomic mass is 32.1. The van der Waals surface area contributed by atoms with Crippen molar-refractivity contribution < 1.29 is 48.3 Å². The molecule has 58 heavy (non-hydrogen) atoms. The standard InChI is InChI=1S/C54H32N2OS/c1-2-11-33(12-3-1)35-21-24-37(25-22-35)49-41-16-7-6-14-36(41)27-29-42(49)39-28-30-46-45(32-39)50-44(18-10-19-47(50)57-46)54-55-51(40-26-23-34-13-4-5-15-38(34)31-40)53-52(56-54)43-17-8-9-20-48(43)58-53/h1-32H/i1D,2D,3D,4D,5D,6D,7D,8D,9D,10D,11D,12D,13D,14D,15D,16D,17D,18D,19D,20D,21D,22D,23D,24D,25D,26D,27D,28D,29D,30D,31D,32D. The van der Waals surface area contributed by atoms with E-state index in [4.69, 9.17) is 40.4 Å². The Bertz CT molecular complexity index is 5410. The molecule has 4 heteroatoms. The van der Waals surface area contributed by atoms with Gasteiger partial charge in [-0.05, 0) is 85.1 Å². The highest BCUT2D eigenvalue weighted by Gasteiger charge is 2.21. The molecule has 0 aliphatic carbocycles. The number of nitrogens with zero attached hydrogens (tertiary/aromatic N) is 2. The van der Waals surface area contributed by atoms with Crippen molar-refractivity contribution in [3.05, 3.63) is 193 Å². The van der Waals surface area contributed by atoms with E-state index >= 15 is 0 Å². The maximum absolute atomic E-state index is 10.2. The Morgan fingerprint density at radius 3 is 2.00 bits per heavy atom. The van der Waals surface area contributed by atoms with Crippen molar-refractivity contribution in [1.82, 2.24) is 9.97 Å². The van der Waals surface area contributed by atoms with Gasteiger partial charge in [0.15, 0.2) is 5.82 Å². The molecule has 0 aliphatic heterocycles. The third kappa shape index (κ3) is 5.27. The Balaban J connectivity index is 1.28. The second-order valence-corrected chi connectivity index (χ2v) is 13.4. The first kappa shape index (κ1) is 14.2. The second kappa shape index (κ2) is 13.1. The Labute approximate surface area is 383 Å². The summed E-state index contributed by atoms with van der Waals surface area (Å²) in [5.41, 5.74) is -9.00. The lowest BCUT2D eigenvalue weighted by Crippen LogP contribution is -1.94. The first-order valence-electron chi connectivity index (χ1n) is 33.0. The number of hydrogen-bond donors (Lipinski definition) is 0. The second-order valence-electron chi connectivity index (χ2n) is 12.4. The van der Waals surface area contributed by atoms with E-state index in [0.29, 0.717) is 11.3 Å². The van der Waals surface area contributed by atoms with Crippen molar-refractivity contribution in [3.8, 4) is 56.0 Å². The first-order chi connectivity index (χ1) is 42.1. The summed E-state index contributed by atoms with van der Waals surface area (Å²) >= 11 is 0.636. The van der Waals surface area contributed by atoms with E-state index in [-0.39, 0.29) is 20.3 Å². The van der Waals surface area contributed by atoms with Crippen LogP contribution in [0.2, 0.25) is 0 Å². The van der Waals surface area contributed by atoms with Crippen molar-refractivity contribution in [1.29, 1.82) is 0 Å². The van der Waals surface area contributed by atoms with Crippen LogP contribution in [-0.4, -0.2) is 9.97 Å². The van der Waals surface area contributed by atoms with Gasteiger partial charge in [0.05, 0.1) is 59.8 Å². The maximum Gasteiger partial charge on any atom is 0.161 e. The maximum atomic E-state index is 10.2. The largest absolute Gasteiger partial charge is 0.456 e. The summed E-state index contributed by atoms with van der Waals surface area (Å²) in [5, 5.41) is -4.21. The Kier molecular flexibility index (Phi) is 3.21. The number of rotatable bonds is 5. The van der Waals surface area contributed by atoms with E-state index < -0.39 is 293 Å². The lowest BCUT2D eigenvalue weighted by Gasteiger charge is -2.15. The van der Waals surface area contributed by atoms with Crippen LogP contribution < -0.4 is 0 Å². The summed E-state index contributed by atoms with van der Waals surface area (Å²) in [7, 11) is 0. The molecule has 9 aromatic carbocycles. The van der Waals surface area contributed by atoms with Gasteiger partial charge in [0.25, 0.3) is 0 Å². The highest BCUT2D eigenvalue weighted by Crippen LogP contribution is 2.44. The molecule has 0 fully saturated rings. The van der Waals surface area contributed by atoms with Crippen LogP contribution >= 0.6 is 11.3 Å². The van der Waals surface area contributed by atoms with Gasteiger partial charge in [-0.1, -0.05) is 163 Å². The zero-order valence-electron chi connectivity index (χ0n) is 60.7. The third-order valence-electron chi connectivity index (χ3n) is 9.12. The fraction of sp³-hybridized carbons (Fsp3) is 0. The molecule has 3 heterocycles. The van der Waals surface area contributed by atoms with Gasteiger partial charge in [0.2, 0.25) is 0 Å². The van der Waals surface area contributed by atoms with E-state index in [1.54, 1.807) is 0 Å². The molecule has 0 atom stereocenters. The van der Waals surface area contributed by atoms with Crippen molar-refractivity contribution in [2.45, 2.75) is 0 Å². The third-order valence-corrected chi connectivity index (χ3v) is 10.2. The van der Waals surface area contributed by atoms with E-state index in [1.807, 2.05) is 0 Å². The first-order valence-corrected chi connectivity index (χ1v) is 17.8. The highest BCUT2D eigenvalue weighted by molar-refractivity contribution is 7.26. The number of furan rings is 1. The summed E-state index contributed by atoms with van der Waals surface area (Å²) in [6, 6.07) is -29.5. The number of thiophene rings is 1. The van der Waals surface area contributed by atoms with Gasteiger partial charge in [-0.2, -0.15) is 0 Å². The van der Waals surface area contributed by atoms with Gasteiger partial charge in [-0.25, -0.2) is 9.97 Å². The van der Waals surface area contributed by atoms with Crippen molar-refractivity contribution >= 4 is 75.1 Å². The van der Waals surface area contributed by atoms with Gasteiger partial charge < -0.3 is 4.42 Å². The van der Waals surface area contributed by atoms with Gasteiger partial charge in [-0.3, -0.25) is 0 Å². The molecule has 3 aromatic heterocycles. The predicted molar refractivity (Wildman–Crippen MR) is 244 cm³/mol. The summed E-state index contributed by atoms with van der Waals surface area (Å²) in [6.45, 7) is 0. The minimum Gasteiger partial charge on any atom is -0.456 e. The SMILES string of the molecule is [2H]c1c([2H])c([2H])c(-c2c([2H])c([2H])c(-c3c(-c4c([2H])c([2H])c5oc6c([2H])c([2H])c([2H])c(-c7nc(-c8c([2H])c([2H])c9c([2H])c([2H])c([2H])c([2H])c9c8[2H])c8sc9c([2H])c([2H])c([2H])c([2H])c9c8n7)c6c5c4[2H])c([2H])c([2H])c4c([2H])c([2H])c([2H])c([2H])c34)c([2H])c2[2H])c([2H])c1[2H]. The Morgan fingerprint density at radius 1 is 0.431 bits per heavy atom. The zero-order valence-corrected chi connectivity index (χ0v) is 29.5. The van der Waals surface area contributed by atoms with Crippen LogP contribution in [-0.2, 0) is 0 Å². The molecule has 3 nitrogen and oxygen atoms in total. The van der Waals surface area contributed by atoms with Crippen LogP contribution in [0.15, 0.2) is 198 Å². The predicted octanol–water partition coefficient (Wildman–Crippen LogP) is 15.4. The zero-order chi connectivity index (χ0) is 66.0. The lowest BCUT2D eigenvalue weighted by molar-refractivity contribution is 0.669. The molecular formula is C54H32N2OS. The molecule has 270 valence electrons. The van der Waals surface area contributed by atoms with Gasteiger partial charge in [0.1, 0.15) is 11.2 Å². The fourth-order valence-electron chi connectivity index (χ4n) is 6.57. The molecule has 0 saturated carbocycles. The average molecular weight is 789 g/mol. The summed E-state index contributed by atoms with van der Waals surface area (Å²) < 4.78 is 295. The molecule has 0 aliphatic rings. The smallest absolute Gasteiger partial charge is 0.161 e. The van der Waals surface area contributed by atoms with Crippen LogP contribution in [0.4, 0.5) is 0 Å². The molecule has 0 unspecified atom stereocenters. The summed E-state index contributed by atoms with van der Waals surface area (Å²) in [6.07, 6.45) is 0. The molecular weight excluding hydrogens is 725 g/mol. The number of aromatic nitrogens is 2. The minimum atomic E-state index is -1.14. The van der Waals surface area contributed by atoms with Gasteiger partial charge in [-0.15, -0.1) is 11.3 Å². The topological polar surface area (TPSA) is 38.9 Å². The molecule has 0 radical (unpaired) electrons. The van der Waals surface area contributed by atoms with E-state index in [0.717, 1.165) is 0 Å². The van der Waals surface area contributed by atoms with Crippen LogP contribution in [0.25, 0.3) is 120 Å². The number of benzene rings is 9.